The molecule has 0 aromatic heterocycles. The SMILES string of the molecule is CS(=O)(=O)c1ccc(-c2ccc(F)cc2O)cc1. The van der Waals surface area contributed by atoms with Crippen molar-refractivity contribution in [2.24, 2.45) is 0 Å². The maximum Gasteiger partial charge on any atom is 0.175 e. The molecule has 2 aromatic carbocycles. The number of aromatic hydroxyl groups is 1. The van der Waals surface area contributed by atoms with E-state index in [1.54, 1.807) is 12.1 Å². The van der Waals surface area contributed by atoms with Gasteiger partial charge in [-0.1, -0.05) is 12.1 Å². The fourth-order valence-corrected chi connectivity index (χ4v) is 2.26. The maximum absolute atomic E-state index is 12.8. The number of phenols is 1. The molecule has 0 aliphatic heterocycles. The normalized spacial score (nSPS) is 11.4. The molecule has 2 rings (SSSR count). The average Bonchev–Trinajstić information content (AvgIpc) is 2.28. The number of rotatable bonds is 2. The highest BCUT2D eigenvalue weighted by molar-refractivity contribution is 7.90. The molecule has 0 unspecified atom stereocenters. The smallest absolute Gasteiger partial charge is 0.175 e. The maximum atomic E-state index is 12.8. The minimum absolute atomic E-state index is 0.179. The largest absolute Gasteiger partial charge is 0.507 e. The molecule has 0 spiro atoms. The Hall–Kier alpha value is -1.88. The van der Waals surface area contributed by atoms with E-state index in [9.17, 15) is 17.9 Å². The summed E-state index contributed by atoms with van der Waals surface area (Å²) in [4.78, 5) is 0.202. The summed E-state index contributed by atoms with van der Waals surface area (Å²) < 4.78 is 35.4. The van der Waals surface area contributed by atoms with Gasteiger partial charge in [0.2, 0.25) is 0 Å². The first-order chi connectivity index (χ1) is 8.38. The van der Waals surface area contributed by atoms with Gasteiger partial charge >= 0.3 is 0 Å². The quantitative estimate of drug-likeness (QED) is 0.909. The van der Waals surface area contributed by atoms with Crippen LogP contribution in [-0.4, -0.2) is 19.8 Å². The van der Waals surface area contributed by atoms with Gasteiger partial charge in [0.1, 0.15) is 11.6 Å². The topological polar surface area (TPSA) is 54.4 Å². The van der Waals surface area contributed by atoms with Crippen molar-refractivity contribution in [2.45, 2.75) is 4.90 Å². The summed E-state index contributed by atoms with van der Waals surface area (Å²) in [5.74, 6) is -0.703. The summed E-state index contributed by atoms with van der Waals surface area (Å²) in [6.07, 6.45) is 1.12. The molecule has 0 atom stereocenters. The van der Waals surface area contributed by atoms with Crippen molar-refractivity contribution >= 4 is 9.84 Å². The van der Waals surface area contributed by atoms with Crippen LogP contribution in [0.5, 0.6) is 5.75 Å². The predicted octanol–water partition coefficient (Wildman–Crippen LogP) is 2.60. The molecule has 0 saturated heterocycles. The number of halogens is 1. The van der Waals surface area contributed by atoms with Gasteiger partial charge in [-0.2, -0.15) is 0 Å². The van der Waals surface area contributed by atoms with Gasteiger partial charge in [0.25, 0.3) is 0 Å². The van der Waals surface area contributed by atoms with E-state index in [-0.39, 0.29) is 10.6 Å². The first kappa shape index (κ1) is 12.6. The van der Waals surface area contributed by atoms with Crippen LogP contribution in [0.1, 0.15) is 0 Å². The van der Waals surface area contributed by atoms with Crippen molar-refractivity contribution < 1.29 is 17.9 Å². The Morgan fingerprint density at radius 1 is 1.06 bits per heavy atom. The van der Waals surface area contributed by atoms with E-state index in [1.807, 2.05) is 0 Å². The van der Waals surface area contributed by atoms with Crippen LogP contribution in [0.2, 0.25) is 0 Å². The van der Waals surface area contributed by atoms with Gasteiger partial charge in [-0.25, -0.2) is 12.8 Å². The van der Waals surface area contributed by atoms with Gasteiger partial charge in [0.15, 0.2) is 9.84 Å². The summed E-state index contributed by atoms with van der Waals surface area (Å²) in [6.45, 7) is 0. The zero-order chi connectivity index (χ0) is 13.3. The van der Waals surface area contributed by atoms with Crippen LogP contribution in [0.3, 0.4) is 0 Å². The van der Waals surface area contributed by atoms with E-state index in [1.165, 1.54) is 24.3 Å². The lowest BCUT2D eigenvalue weighted by molar-refractivity contribution is 0.471. The van der Waals surface area contributed by atoms with Crippen molar-refractivity contribution in [3.8, 4) is 16.9 Å². The van der Waals surface area contributed by atoms with E-state index >= 15 is 0 Å². The fourth-order valence-electron chi connectivity index (χ4n) is 1.63. The van der Waals surface area contributed by atoms with Gasteiger partial charge in [-0.15, -0.1) is 0 Å². The van der Waals surface area contributed by atoms with Gasteiger partial charge in [0, 0.05) is 17.9 Å². The number of phenolic OH excluding ortho intramolecular Hbond substituents is 1. The molecule has 0 aliphatic carbocycles. The highest BCUT2D eigenvalue weighted by Crippen LogP contribution is 2.30. The number of benzene rings is 2. The van der Waals surface area contributed by atoms with Crippen molar-refractivity contribution in [1.82, 2.24) is 0 Å². The summed E-state index contributed by atoms with van der Waals surface area (Å²) in [5.41, 5.74) is 1.08. The predicted molar refractivity (Wildman–Crippen MR) is 66.6 cm³/mol. The lowest BCUT2D eigenvalue weighted by atomic mass is 10.0. The fraction of sp³-hybridized carbons (Fsp3) is 0.0769. The first-order valence-electron chi connectivity index (χ1n) is 5.17. The lowest BCUT2D eigenvalue weighted by Crippen LogP contribution is -1.96. The molecule has 3 nitrogen and oxygen atoms in total. The monoisotopic (exact) mass is 266 g/mol. The summed E-state index contributed by atoms with van der Waals surface area (Å²) in [5, 5.41) is 9.62. The van der Waals surface area contributed by atoms with Gasteiger partial charge in [-0.05, 0) is 29.8 Å². The second kappa shape index (κ2) is 4.42. The molecule has 0 heterocycles. The Balaban J connectivity index is 2.47. The number of hydrogen-bond acceptors (Lipinski definition) is 3. The average molecular weight is 266 g/mol. The van der Waals surface area contributed by atoms with Crippen LogP contribution in [0.25, 0.3) is 11.1 Å². The van der Waals surface area contributed by atoms with Crippen LogP contribution in [-0.2, 0) is 9.84 Å². The molecule has 0 fully saturated rings. The second-order valence-electron chi connectivity index (χ2n) is 3.96. The van der Waals surface area contributed by atoms with Crippen LogP contribution in [0.4, 0.5) is 4.39 Å². The third kappa shape index (κ3) is 2.51. The minimum atomic E-state index is -3.24. The van der Waals surface area contributed by atoms with Crippen LogP contribution < -0.4 is 0 Å². The first-order valence-corrected chi connectivity index (χ1v) is 7.06. The number of sulfone groups is 1. The Morgan fingerprint density at radius 2 is 1.67 bits per heavy atom. The molecular weight excluding hydrogens is 255 g/mol. The van der Waals surface area contributed by atoms with Gasteiger partial charge < -0.3 is 5.11 Å². The standard InChI is InChI=1S/C13H11FO3S/c1-18(16,17)11-5-2-9(3-6-11)12-7-4-10(14)8-13(12)15/h2-8,15H,1H3. The Bertz CT molecular complexity index is 676. The molecule has 1 N–H and O–H groups in total. The molecular formula is C13H11FO3S. The van der Waals surface area contributed by atoms with Crippen molar-refractivity contribution in [1.29, 1.82) is 0 Å². The molecule has 5 heteroatoms. The second-order valence-corrected chi connectivity index (χ2v) is 5.97. The minimum Gasteiger partial charge on any atom is -0.507 e. The van der Waals surface area contributed by atoms with E-state index in [4.69, 9.17) is 0 Å². The van der Waals surface area contributed by atoms with Gasteiger partial charge in [0.05, 0.1) is 4.90 Å². The molecule has 0 amide bonds. The molecule has 0 aliphatic rings. The van der Waals surface area contributed by atoms with E-state index in [0.29, 0.717) is 11.1 Å². The number of hydrogen-bond donors (Lipinski definition) is 1. The highest BCUT2D eigenvalue weighted by Gasteiger charge is 2.09. The van der Waals surface area contributed by atoms with Crippen molar-refractivity contribution in [3.05, 3.63) is 48.3 Å². The third-order valence-corrected chi connectivity index (χ3v) is 3.68. The van der Waals surface area contributed by atoms with Crippen molar-refractivity contribution in [2.75, 3.05) is 6.26 Å². The molecule has 2 aromatic rings. The summed E-state index contributed by atoms with van der Waals surface area (Å²) >= 11 is 0. The zero-order valence-electron chi connectivity index (χ0n) is 9.59. The van der Waals surface area contributed by atoms with Crippen LogP contribution in [0, 0.1) is 5.82 Å². The van der Waals surface area contributed by atoms with E-state index in [2.05, 4.69) is 0 Å². The third-order valence-electron chi connectivity index (χ3n) is 2.55. The molecule has 0 bridgehead atoms. The highest BCUT2D eigenvalue weighted by atomic mass is 32.2. The Morgan fingerprint density at radius 3 is 2.17 bits per heavy atom. The molecule has 94 valence electrons. The summed E-state index contributed by atoms with van der Waals surface area (Å²) in [6, 6.07) is 9.74. The molecule has 0 radical (unpaired) electrons. The summed E-state index contributed by atoms with van der Waals surface area (Å²) in [7, 11) is -3.24. The zero-order valence-corrected chi connectivity index (χ0v) is 10.4. The van der Waals surface area contributed by atoms with Gasteiger partial charge in [-0.3, -0.25) is 0 Å². The molecule has 0 saturated carbocycles. The Kier molecular flexibility index (Phi) is 3.09. The van der Waals surface area contributed by atoms with E-state index < -0.39 is 15.7 Å². The Labute approximate surface area is 104 Å². The van der Waals surface area contributed by atoms with Crippen LogP contribution >= 0.6 is 0 Å². The van der Waals surface area contributed by atoms with Crippen molar-refractivity contribution in [3.63, 3.8) is 0 Å². The molecule has 18 heavy (non-hydrogen) atoms. The van der Waals surface area contributed by atoms with E-state index in [0.717, 1.165) is 12.3 Å². The van der Waals surface area contributed by atoms with Crippen LogP contribution in [0.15, 0.2) is 47.4 Å². The lowest BCUT2D eigenvalue weighted by Gasteiger charge is -2.05.